The van der Waals surface area contributed by atoms with Gasteiger partial charge in [-0.05, 0) is 23.6 Å². The van der Waals surface area contributed by atoms with E-state index in [2.05, 4.69) is 45.6 Å². The first-order chi connectivity index (χ1) is 14.1. The predicted molar refractivity (Wildman–Crippen MR) is 115 cm³/mol. The van der Waals surface area contributed by atoms with E-state index < -0.39 is 0 Å². The zero-order chi connectivity index (χ0) is 20.6. The van der Waals surface area contributed by atoms with Gasteiger partial charge in [-0.3, -0.25) is 9.89 Å². The number of hydrogen-bond donors (Lipinski definition) is 2. The Morgan fingerprint density at radius 3 is 2.69 bits per heavy atom. The van der Waals surface area contributed by atoms with Gasteiger partial charge in [-0.2, -0.15) is 0 Å². The lowest BCUT2D eigenvalue weighted by molar-refractivity contribution is 0.0170. The second kappa shape index (κ2) is 10.6. The van der Waals surface area contributed by atoms with Crippen molar-refractivity contribution in [2.75, 3.05) is 39.9 Å². The monoisotopic (exact) mass is 419 g/mol. The summed E-state index contributed by atoms with van der Waals surface area (Å²) in [5.41, 5.74) is 2.14. The average molecular weight is 420 g/mol. The van der Waals surface area contributed by atoms with Crippen molar-refractivity contribution in [3.8, 4) is 0 Å². The number of rotatable bonds is 7. The fourth-order valence-electron chi connectivity index (χ4n) is 3.33. The van der Waals surface area contributed by atoms with Crippen LogP contribution in [-0.4, -0.2) is 55.9 Å². The third-order valence-corrected chi connectivity index (χ3v) is 5.24. The van der Waals surface area contributed by atoms with E-state index in [0.717, 1.165) is 42.8 Å². The maximum absolute atomic E-state index is 6.24. The molecular weight excluding hydrogens is 390 g/mol. The summed E-state index contributed by atoms with van der Waals surface area (Å²) in [4.78, 5) is 6.75. The van der Waals surface area contributed by atoms with Crippen molar-refractivity contribution in [3.05, 3.63) is 52.4 Å². The van der Waals surface area contributed by atoms with Gasteiger partial charge >= 0.3 is 0 Å². The number of nitrogens with zero attached hydrogens (tertiary/aromatic N) is 3. The van der Waals surface area contributed by atoms with Crippen LogP contribution in [0.4, 0.5) is 0 Å². The van der Waals surface area contributed by atoms with Gasteiger partial charge in [0.15, 0.2) is 11.7 Å². The number of hydrogen-bond acceptors (Lipinski definition) is 5. The molecule has 1 unspecified atom stereocenters. The minimum absolute atomic E-state index is 0.175. The normalized spacial score (nSPS) is 16.8. The van der Waals surface area contributed by atoms with Crippen LogP contribution < -0.4 is 10.6 Å². The van der Waals surface area contributed by atoms with Crippen LogP contribution in [0.1, 0.15) is 42.8 Å². The third-order valence-electron chi connectivity index (χ3n) is 5.01. The molecule has 1 aromatic heterocycles. The van der Waals surface area contributed by atoms with E-state index in [0.29, 0.717) is 25.0 Å². The number of ether oxygens (including phenoxy) is 1. The van der Waals surface area contributed by atoms with Crippen LogP contribution in [0.5, 0.6) is 0 Å². The SMILES string of the molecule is CN=C(NCc1cc(C(C)C)no1)NCC(c1cccc(Cl)c1)N1CCOCC1. The second-order valence-electron chi connectivity index (χ2n) is 7.40. The summed E-state index contributed by atoms with van der Waals surface area (Å²) in [5.74, 6) is 1.85. The number of aliphatic imine (C=N–C) groups is 1. The molecule has 158 valence electrons. The van der Waals surface area contributed by atoms with Crippen molar-refractivity contribution in [3.63, 3.8) is 0 Å². The molecule has 29 heavy (non-hydrogen) atoms. The lowest BCUT2D eigenvalue weighted by Crippen LogP contribution is -2.46. The third kappa shape index (κ3) is 6.19. The van der Waals surface area contributed by atoms with Crippen molar-refractivity contribution in [2.45, 2.75) is 32.4 Å². The number of aromatic nitrogens is 1. The topological polar surface area (TPSA) is 74.9 Å². The highest BCUT2D eigenvalue weighted by molar-refractivity contribution is 6.30. The standard InChI is InChI=1S/C21H30ClN5O2/c1-15(2)19-12-18(29-26-19)13-24-21(23-3)25-14-20(27-7-9-28-10-8-27)16-5-4-6-17(22)11-16/h4-6,11-12,15,20H,7-10,13-14H2,1-3H3,(H2,23,24,25). The van der Waals surface area contributed by atoms with Crippen molar-refractivity contribution in [2.24, 2.45) is 4.99 Å². The highest BCUT2D eigenvalue weighted by Gasteiger charge is 2.23. The molecular formula is C21H30ClN5O2. The molecule has 2 aromatic rings. The number of halogens is 1. The first-order valence-corrected chi connectivity index (χ1v) is 10.4. The summed E-state index contributed by atoms with van der Waals surface area (Å²) in [6.07, 6.45) is 0. The minimum atomic E-state index is 0.175. The van der Waals surface area contributed by atoms with Gasteiger partial charge in [0.25, 0.3) is 0 Å². The molecule has 1 aromatic carbocycles. The smallest absolute Gasteiger partial charge is 0.191 e. The molecule has 0 aliphatic carbocycles. The molecule has 0 bridgehead atoms. The van der Waals surface area contributed by atoms with Crippen molar-refractivity contribution >= 4 is 17.6 Å². The first kappa shape index (κ1) is 21.6. The molecule has 0 radical (unpaired) electrons. The zero-order valence-electron chi connectivity index (χ0n) is 17.3. The van der Waals surface area contributed by atoms with Gasteiger partial charge in [-0.1, -0.05) is 42.7 Å². The molecule has 1 aliphatic heterocycles. The number of morpholine rings is 1. The van der Waals surface area contributed by atoms with Crippen molar-refractivity contribution in [1.82, 2.24) is 20.7 Å². The van der Waals surface area contributed by atoms with E-state index in [4.69, 9.17) is 20.9 Å². The zero-order valence-corrected chi connectivity index (χ0v) is 18.1. The predicted octanol–water partition coefficient (Wildman–Crippen LogP) is 3.19. The van der Waals surface area contributed by atoms with Crippen LogP contribution in [0.3, 0.4) is 0 Å². The summed E-state index contributed by atoms with van der Waals surface area (Å²) < 4.78 is 10.9. The Kier molecular flexibility index (Phi) is 7.91. The molecule has 0 spiro atoms. The largest absolute Gasteiger partial charge is 0.379 e. The van der Waals surface area contributed by atoms with Crippen LogP contribution in [0.15, 0.2) is 39.8 Å². The minimum Gasteiger partial charge on any atom is -0.379 e. The Morgan fingerprint density at radius 1 is 1.24 bits per heavy atom. The molecule has 0 amide bonds. The van der Waals surface area contributed by atoms with E-state index in [1.165, 1.54) is 5.56 Å². The van der Waals surface area contributed by atoms with Crippen molar-refractivity contribution < 1.29 is 9.26 Å². The Morgan fingerprint density at radius 2 is 2.03 bits per heavy atom. The fraction of sp³-hybridized carbons (Fsp3) is 0.524. The molecule has 1 saturated heterocycles. The molecule has 1 atom stereocenters. The van der Waals surface area contributed by atoms with Crippen LogP contribution in [0, 0.1) is 0 Å². The average Bonchev–Trinajstić information content (AvgIpc) is 3.21. The van der Waals surface area contributed by atoms with E-state index in [1.807, 2.05) is 24.3 Å². The van der Waals surface area contributed by atoms with E-state index in [9.17, 15) is 0 Å². The van der Waals surface area contributed by atoms with Crippen LogP contribution in [0.25, 0.3) is 0 Å². The maximum atomic E-state index is 6.24. The summed E-state index contributed by atoms with van der Waals surface area (Å²) in [6, 6.07) is 10.2. The van der Waals surface area contributed by atoms with Crippen LogP contribution >= 0.6 is 11.6 Å². The quantitative estimate of drug-likeness (QED) is 0.530. The summed E-state index contributed by atoms with van der Waals surface area (Å²) >= 11 is 6.24. The van der Waals surface area contributed by atoms with Gasteiger partial charge in [-0.25, -0.2) is 0 Å². The molecule has 7 nitrogen and oxygen atoms in total. The van der Waals surface area contributed by atoms with Gasteiger partial charge in [0.2, 0.25) is 0 Å². The van der Waals surface area contributed by atoms with Crippen LogP contribution in [-0.2, 0) is 11.3 Å². The molecule has 2 heterocycles. The molecule has 2 N–H and O–H groups in total. The Labute approximate surface area is 177 Å². The Bertz CT molecular complexity index is 802. The molecule has 1 aliphatic rings. The van der Waals surface area contributed by atoms with Crippen molar-refractivity contribution in [1.29, 1.82) is 0 Å². The molecule has 3 rings (SSSR count). The number of guanidine groups is 1. The lowest BCUT2D eigenvalue weighted by Gasteiger charge is -2.35. The fourth-order valence-corrected chi connectivity index (χ4v) is 3.53. The highest BCUT2D eigenvalue weighted by Crippen LogP contribution is 2.24. The second-order valence-corrected chi connectivity index (χ2v) is 7.84. The lowest BCUT2D eigenvalue weighted by atomic mass is 10.0. The number of benzene rings is 1. The molecule has 8 heteroatoms. The van der Waals surface area contributed by atoms with E-state index >= 15 is 0 Å². The van der Waals surface area contributed by atoms with Gasteiger partial charge in [0, 0.05) is 37.8 Å². The Balaban J connectivity index is 1.61. The highest BCUT2D eigenvalue weighted by atomic mass is 35.5. The van der Waals surface area contributed by atoms with E-state index in [1.54, 1.807) is 7.05 Å². The summed E-state index contributed by atoms with van der Waals surface area (Å²) in [6.45, 7) is 8.68. The van der Waals surface area contributed by atoms with E-state index in [-0.39, 0.29) is 6.04 Å². The first-order valence-electron chi connectivity index (χ1n) is 10.0. The van der Waals surface area contributed by atoms with Gasteiger partial charge < -0.3 is 19.9 Å². The molecule has 0 saturated carbocycles. The number of nitrogens with one attached hydrogen (secondary N) is 2. The van der Waals surface area contributed by atoms with Gasteiger partial charge in [-0.15, -0.1) is 0 Å². The maximum Gasteiger partial charge on any atom is 0.191 e. The molecule has 1 fully saturated rings. The summed E-state index contributed by atoms with van der Waals surface area (Å²) in [7, 11) is 1.76. The van der Waals surface area contributed by atoms with Crippen LogP contribution in [0.2, 0.25) is 5.02 Å². The van der Waals surface area contributed by atoms with Gasteiger partial charge in [0.05, 0.1) is 31.5 Å². The summed E-state index contributed by atoms with van der Waals surface area (Å²) in [5, 5.41) is 11.6. The Hall–Kier alpha value is -2.09. The van der Waals surface area contributed by atoms with Gasteiger partial charge in [0.1, 0.15) is 0 Å².